The SMILES string of the molecule is CN=C(NCCc1cc(Cl)ccc1Br)NCc1sc(C)nc1C.I. The molecule has 0 spiro atoms. The highest BCUT2D eigenvalue weighted by Gasteiger charge is 2.06. The number of benzene rings is 1. The Labute approximate surface area is 177 Å². The highest BCUT2D eigenvalue weighted by atomic mass is 127. The van der Waals surface area contributed by atoms with Crippen molar-refractivity contribution in [3.63, 3.8) is 0 Å². The first-order valence-electron chi connectivity index (χ1n) is 7.31. The Bertz CT molecular complexity index is 705. The van der Waals surface area contributed by atoms with Crippen molar-refractivity contribution < 1.29 is 0 Å². The van der Waals surface area contributed by atoms with E-state index in [0.717, 1.165) is 45.7 Å². The van der Waals surface area contributed by atoms with Crippen LogP contribution in [0.15, 0.2) is 27.7 Å². The fraction of sp³-hybridized carbons (Fsp3) is 0.375. The van der Waals surface area contributed by atoms with Gasteiger partial charge in [0.15, 0.2) is 5.96 Å². The Morgan fingerprint density at radius 1 is 1.33 bits per heavy atom. The largest absolute Gasteiger partial charge is 0.356 e. The maximum atomic E-state index is 6.04. The van der Waals surface area contributed by atoms with Crippen molar-refractivity contribution in [1.82, 2.24) is 15.6 Å². The molecule has 0 amide bonds. The molecule has 0 aliphatic rings. The average Bonchev–Trinajstić information content (AvgIpc) is 2.84. The molecule has 1 heterocycles. The van der Waals surface area contributed by atoms with E-state index in [9.17, 15) is 0 Å². The molecule has 2 rings (SSSR count). The van der Waals surface area contributed by atoms with Gasteiger partial charge in [0.05, 0.1) is 17.2 Å². The van der Waals surface area contributed by atoms with Crippen LogP contribution in [0.5, 0.6) is 0 Å². The van der Waals surface area contributed by atoms with Crippen molar-refractivity contribution in [2.24, 2.45) is 4.99 Å². The van der Waals surface area contributed by atoms with E-state index in [2.05, 4.69) is 36.5 Å². The summed E-state index contributed by atoms with van der Waals surface area (Å²) in [6, 6.07) is 5.83. The van der Waals surface area contributed by atoms with Crippen LogP contribution in [0.4, 0.5) is 0 Å². The molecule has 2 aromatic rings. The van der Waals surface area contributed by atoms with E-state index in [-0.39, 0.29) is 24.0 Å². The van der Waals surface area contributed by atoms with Gasteiger partial charge in [-0.05, 0) is 44.0 Å². The maximum absolute atomic E-state index is 6.04. The average molecular weight is 544 g/mol. The van der Waals surface area contributed by atoms with Gasteiger partial charge in [0, 0.05) is 28.0 Å². The van der Waals surface area contributed by atoms with E-state index in [4.69, 9.17) is 11.6 Å². The fourth-order valence-corrected chi connectivity index (χ4v) is 3.69. The summed E-state index contributed by atoms with van der Waals surface area (Å²) in [7, 11) is 1.77. The summed E-state index contributed by atoms with van der Waals surface area (Å²) in [6.45, 7) is 5.57. The first-order chi connectivity index (χ1) is 11.0. The fourth-order valence-electron chi connectivity index (χ4n) is 2.17. The molecule has 0 radical (unpaired) electrons. The van der Waals surface area contributed by atoms with Gasteiger partial charge >= 0.3 is 0 Å². The lowest BCUT2D eigenvalue weighted by Crippen LogP contribution is -2.37. The Hall–Kier alpha value is -0.380. The number of rotatable bonds is 5. The lowest BCUT2D eigenvalue weighted by molar-refractivity contribution is 0.795. The molecule has 0 fully saturated rings. The van der Waals surface area contributed by atoms with Gasteiger partial charge in [-0.3, -0.25) is 4.99 Å². The van der Waals surface area contributed by atoms with Gasteiger partial charge in [0.2, 0.25) is 0 Å². The number of halogens is 3. The van der Waals surface area contributed by atoms with E-state index >= 15 is 0 Å². The standard InChI is InChI=1S/C16H20BrClN4S.HI/c1-10-15(23-11(2)22-10)9-21-16(19-3)20-7-6-12-8-13(18)4-5-14(12)17;/h4-5,8H,6-7,9H2,1-3H3,(H2,19,20,21);1H. The zero-order valence-corrected chi connectivity index (χ0v) is 19.3. The summed E-state index contributed by atoms with van der Waals surface area (Å²) >= 11 is 11.3. The number of nitrogens with one attached hydrogen (secondary N) is 2. The Balaban J connectivity index is 0.00000288. The summed E-state index contributed by atoms with van der Waals surface area (Å²) in [4.78, 5) is 9.93. The number of aromatic nitrogens is 1. The van der Waals surface area contributed by atoms with Crippen molar-refractivity contribution in [3.05, 3.63) is 48.8 Å². The predicted molar refractivity (Wildman–Crippen MR) is 118 cm³/mol. The Morgan fingerprint density at radius 3 is 2.71 bits per heavy atom. The van der Waals surface area contributed by atoms with Crippen LogP contribution in [0, 0.1) is 13.8 Å². The summed E-state index contributed by atoms with van der Waals surface area (Å²) in [5.74, 6) is 0.786. The van der Waals surface area contributed by atoms with Crippen molar-refractivity contribution in [2.45, 2.75) is 26.8 Å². The molecule has 132 valence electrons. The van der Waals surface area contributed by atoms with Gasteiger partial charge in [-0.1, -0.05) is 27.5 Å². The summed E-state index contributed by atoms with van der Waals surface area (Å²) < 4.78 is 1.07. The van der Waals surface area contributed by atoms with Crippen LogP contribution in [0.1, 0.15) is 21.1 Å². The van der Waals surface area contributed by atoms with Crippen molar-refractivity contribution in [3.8, 4) is 0 Å². The summed E-state index contributed by atoms with van der Waals surface area (Å²) in [5, 5.41) is 8.49. The molecule has 8 heteroatoms. The van der Waals surface area contributed by atoms with Crippen LogP contribution < -0.4 is 10.6 Å². The minimum absolute atomic E-state index is 0. The molecule has 24 heavy (non-hydrogen) atoms. The van der Waals surface area contributed by atoms with Crippen LogP contribution in [0.3, 0.4) is 0 Å². The molecular formula is C16H21BrClIN4S. The lowest BCUT2D eigenvalue weighted by Gasteiger charge is -2.12. The summed E-state index contributed by atoms with van der Waals surface area (Å²) in [6.07, 6.45) is 0.862. The van der Waals surface area contributed by atoms with Gasteiger partial charge in [-0.2, -0.15) is 0 Å². The highest BCUT2D eigenvalue weighted by Crippen LogP contribution is 2.21. The normalized spacial score (nSPS) is 11.1. The third-order valence-corrected chi connectivity index (χ3v) is 5.42. The number of aryl methyl sites for hydroxylation is 2. The maximum Gasteiger partial charge on any atom is 0.191 e. The molecule has 0 atom stereocenters. The van der Waals surface area contributed by atoms with Crippen LogP contribution in [-0.4, -0.2) is 24.5 Å². The quantitative estimate of drug-likeness (QED) is 0.327. The summed E-state index contributed by atoms with van der Waals surface area (Å²) in [5.41, 5.74) is 2.26. The van der Waals surface area contributed by atoms with Gasteiger partial charge in [0.25, 0.3) is 0 Å². The Morgan fingerprint density at radius 2 is 2.08 bits per heavy atom. The number of hydrogen-bond donors (Lipinski definition) is 2. The third-order valence-electron chi connectivity index (χ3n) is 3.33. The first-order valence-corrected chi connectivity index (χ1v) is 9.29. The number of hydrogen-bond acceptors (Lipinski definition) is 3. The van der Waals surface area contributed by atoms with Crippen molar-refractivity contribution in [1.29, 1.82) is 0 Å². The van der Waals surface area contributed by atoms with Gasteiger partial charge in [-0.25, -0.2) is 4.98 Å². The second kappa shape index (κ2) is 10.6. The molecule has 0 aliphatic carbocycles. The second-order valence-electron chi connectivity index (χ2n) is 5.08. The molecule has 4 nitrogen and oxygen atoms in total. The number of nitrogens with zero attached hydrogens (tertiary/aromatic N) is 2. The molecule has 1 aromatic heterocycles. The van der Waals surface area contributed by atoms with E-state index < -0.39 is 0 Å². The monoisotopic (exact) mass is 542 g/mol. The molecule has 0 saturated heterocycles. The molecule has 0 unspecified atom stereocenters. The molecule has 0 bridgehead atoms. The predicted octanol–water partition coefficient (Wildman–Crippen LogP) is 4.70. The first kappa shape index (κ1) is 21.7. The van der Waals surface area contributed by atoms with Gasteiger partial charge < -0.3 is 10.6 Å². The second-order valence-corrected chi connectivity index (χ2v) is 7.66. The van der Waals surface area contributed by atoms with E-state index in [1.54, 1.807) is 18.4 Å². The van der Waals surface area contributed by atoms with Crippen LogP contribution in [0.25, 0.3) is 0 Å². The zero-order chi connectivity index (χ0) is 16.8. The number of thiazole rings is 1. The smallest absolute Gasteiger partial charge is 0.191 e. The zero-order valence-electron chi connectivity index (χ0n) is 13.8. The van der Waals surface area contributed by atoms with Gasteiger partial charge in [0.1, 0.15) is 0 Å². The number of aliphatic imine (C=N–C) groups is 1. The molecule has 1 aromatic carbocycles. The number of guanidine groups is 1. The van der Waals surface area contributed by atoms with E-state index in [1.807, 2.05) is 32.0 Å². The van der Waals surface area contributed by atoms with Crippen molar-refractivity contribution >= 4 is 68.8 Å². The molecular weight excluding hydrogens is 523 g/mol. The Kier molecular flexibility index (Phi) is 9.54. The molecule has 0 saturated carbocycles. The van der Waals surface area contributed by atoms with Crippen LogP contribution in [-0.2, 0) is 13.0 Å². The minimum atomic E-state index is 0. The van der Waals surface area contributed by atoms with Crippen LogP contribution in [0.2, 0.25) is 5.02 Å². The van der Waals surface area contributed by atoms with Crippen LogP contribution >= 0.6 is 62.8 Å². The highest BCUT2D eigenvalue weighted by molar-refractivity contribution is 14.0. The molecule has 2 N–H and O–H groups in total. The molecule has 0 aliphatic heterocycles. The van der Waals surface area contributed by atoms with E-state index in [1.165, 1.54) is 10.4 Å². The minimum Gasteiger partial charge on any atom is -0.356 e. The lowest BCUT2D eigenvalue weighted by atomic mass is 10.1. The third kappa shape index (κ3) is 6.50. The van der Waals surface area contributed by atoms with Gasteiger partial charge in [-0.15, -0.1) is 35.3 Å². The van der Waals surface area contributed by atoms with Crippen molar-refractivity contribution in [2.75, 3.05) is 13.6 Å². The topological polar surface area (TPSA) is 49.3 Å². The van der Waals surface area contributed by atoms with E-state index in [0.29, 0.717) is 0 Å².